The maximum atomic E-state index is 2.39. The second-order valence-electron chi connectivity index (χ2n) is 4.15. The summed E-state index contributed by atoms with van der Waals surface area (Å²) < 4.78 is 0. The van der Waals surface area contributed by atoms with Gasteiger partial charge >= 0.3 is 26.2 Å². The third-order valence-electron chi connectivity index (χ3n) is 3.06. The number of benzene rings is 2. The molecule has 1 aliphatic heterocycles. The number of hydrogen-bond donors (Lipinski definition) is 0. The second-order valence-corrected chi connectivity index (χ2v) is 5.20. The SMILES string of the molecule is C1=[PH+]CC(c2ccccc2)=C1c1ccccc1.[H-].[H-].[H-].[Zr+3]. The van der Waals surface area contributed by atoms with Crippen molar-refractivity contribution in [3.05, 3.63) is 71.8 Å². The number of hydrogen-bond acceptors (Lipinski definition) is 0. The fourth-order valence-electron chi connectivity index (χ4n) is 2.21. The zero-order valence-electron chi connectivity index (χ0n) is 13.1. The van der Waals surface area contributed by atoms with E-state index in [4.69, 9.17) is 0 Å². The Labute approximate surface area is 133 Å². The Morgan fingerprint density at radius 1 is 0.778 bits per heavy atom. The first-order chi connectivity index (χ1) is 8.45. The summed E-state index contributed by atoms with van der Waals surface area (Å²) in [5, 5.41) is 0. The third kappa shape index (κ3) is 2.79. The average molecular weight is 332 g/mol. The van der Waals surface area contributed by atoms with Crippen molar-refractivity contribution in [2.75, 3.05) is 6.16 Å². The van der Waals surface area contributed by atoms with E-state index in [1.807, 2.05) is 0 Å². The van der Waals surface area contributed by atoms with Gasteiger partial charge in [-0.3, -0.25) is 0 Å². The molecule has 2 heteroatoms. The van der Waals surface area contributed by atoms with Crippen LogP contribution in [0.5, 0.6) is 0 Å². The molecule has 0 spiro atoms. The quantitative estimate of drug-likeness (QED) is 0.714. The van der Waals surface area contributed by atoms with Gasteiger partial charge in [0.25, 0.3) is 0 Å². The Morgan fingerprint density at radius 2 is 1.33 bits per heavy atom. The summed E-state index contributed by atoms with van der Waals surface area (Å²) in [6, 6.07) is 21.4. The fraction of sp³-hybridized carbons (Fsp3) is 0.0625. The van der Waals surface area contributed by atoms with Crippen LogP contribution in [0.2, 0.25) is 0 Å². The molecule has 0 saturated carbocycles. The molecule has 0 nitrogen and oxygen atoms in total. The predicted molar refractivity (Wildman–Crippen MR) is 82.3 cm³/mol. The zero-order chi connectivity index (χ0) is 11.5. The van der Waals surface area contributed by atoms with Crippen LogP contribution in [0, 0.1) is 0 Å². The van der Waals surface area contributed by atoms with E-state index in [0.29, 0.717) is 0 Å². The molecule has 0 saturated heterocycles. The Hall–Kier alpha value is -0.767. The summed E-state index contributed by atoms with van der Waals surface area (Å²) in [6.07, 6.45) is 1.19. The smallest absolute Gasteiger partial charge is 1.00 e. The predicted octanol–water partition coefficient (Wildman–Crippen LogP) is 4.43. The van der Waals surface area contributed by atoms with Crippen LogP contribution >= 0.6 is 8.20 Å². The van der Waals surface area contributed by atoms with E-state index in [2.05, 4.69) is 66.5 Å². The van der Waals surface area contributed by atoms with E-state index in [0.717, 1.165) is 8.20 Å². The van der Waals surface area contributed by atoms with E-state index in [1.165, 1.54) is 28.4 Å². The summed E-state index contributed by atoms with van der Waals surface area (Å²) >= 11 is 0. The van der Waals surface area contributed by atoms with Crippen molar-refractivity contribution in [3.63, 3.8) is 0 Å². The Balaban J connectivity index is 0. The van der Waals surface area contributed by atoms with Gasteiger partial charge in [-0.1, -0.05) is 60.7 Å². The van der Waals surface area contributed by atoms with Crippen LogP contribution in [-0.4, -0.2) is 12.0 Å². The summed E-state index contributed by atoms with van der Waals surface area (Å²) in [5.74, 6) is 2.39. The largest absolute Gasteiger partial charge is 3.00 e. The van der Waals surface area contributed by atoms with E-state index >= 15 is 0 Å². The van der Waals surface area contributed by atoms with Crippen molar-refractivity contribution in [2.24, 2.45) is 0 Å². The van der Waals surface area contributed by atoms with Crippen molar-refractivity contribution in [1.29, 1.82) is 0 Å². The van der Waals surface area contributed by atoms with E-state index in [9.17, 15) is 0 Å². The monoisotopic (exact) mass is 330 g/mol. The minimum Gasteiger partial charge on any atom is -1.00 e. The first kappa shape index (κ1) is 13.7. The van der Waals surface area contributed by atoms with Crippen molar-refractivity contribution in [2.45, 2.75) is 0 Å². The molecule has 1 radical (unpaired) electrons. The normalized spacial score (nSPS) is 14.4. The molecule has 1 unspecified atom stereocenters. The molecular formula is C16H17PZr+. The maximum Gasteiger partial charge on any atom is 3.00 e. The maximum absolute atomic E-state index is 2.39. The molecule has 0 N–H and O–H groups in total. The van der Waals surface area contributed by atoms with Gasteiger partial charge < -0.3 is 4.28 Å². The van der Waals surface area contributed by atoms with Crippen LogP contribution in [0.25, 0.3) is 11.1 Å². The minimum absolute atomic E-state index is 0. The van der Waals surface area contributed by atoms with Gasteiger partial charge in [0.2, 0.25) is 0 Å². The summed E-state index contributed by atoms with van der Waals surface area (Å²) in [4.78, 5) is 0. The van der Waals surface area contributed by atoms with E-state index in [-0.39, 0.29) is 30.5 Å². The molecule has 2 aromatic carbocycles. The second kappa shape index (κ2) is 6.41. The van der Waals surface area contributed by atoms with E-state index < -0.39 is 0 Å². The van der Waals surface area contributed by atoms with Crippen molar-refractivity contribution in [1.82, 2.24) is 0 Å². The first-order valence-corrected chi connectivity index (χ1v) is 7.14. The molecule has 1 heterocycles. The standard InChI is InChI=1S/C16H13P.Zr.3H/c1-3-7-13(8-4-1)15-11-17-12-16(15)14-9-5-2-6-10-14;;;;/h1-11H,12H2;;;;/q;+3;3*-1/p+1. The van der Waals surface area contributed by atoms with Gasteiger partial charge in [-0.2, -0.15) is 0 Å². The van der Waals surface area contributed by atoms with Crippen LogP contribution in [0.15, 0.2) is 60.7 Å². The molecule has 0 amide bonds. The van der Waals surface area contributed by atoms with Gasteiger partial charge in [0.05, 0.1) is 8.20 Å². The zero-order valence-corrected chi connectivity index (χ0v) is 13.5. The molecule has 3 rings (SSSR count). The summed E-state index contributed by atoms with van der Waals surface area (Å²) in [6.45, 7) is 0. The molecule has 2 aromatic rings. The molecule has 0 aliphatic carbocycles. The van der Waals surface area contributed by atoms with Crippen LogP contribution in [0.4, 0.5) is 0 Å². The summed E-state index contributed by atoms with van der Waals surface area (Å²) in [5.41, 5.74) is 5.63. The number of rotatable bonds is 2. The minimum atomic E-state index is 0. The molecule has 0 aromatic heterocycles. The van der Waals surface area contributed by atoms with Crippen molar-refractivity contribution < 1.29 is 30.5 Å². The molecule has 1 aliphatic rings. The third-order valence-corrected chi connectivity index (χ3v) is 4.11. The Morgan fingerprint density at radius 3 is 1.94 bits per heavy atom. The van der Waals surface area contributed by atoms with Crippen LogP contribution in [-0.2, 0) is 26.2 Å². The molecule has 0 fully saturated rings. The Kier molecular flexibility index (Phi) is 4.87. The molecule has 18 heavy (non-hydrogen) atoms. The van der Waals surface area contributed by atoms with Gasteiger partial charge in [0.1, 0.15) is 12.0 Å². The van der Waals surface area contributed by atoms with E-state index in [1.54, 1.807) is 0 Å². The first-order valence-electron chi connectivity index (χ1n) is 5.86. The topological polar surface area (TPSA) is 0 Å². The van der Waals surface area contributed by atoms with Crippen LogP contribution in [0.1, 0.15) is 15.4 Å². The Bertz CT molecular complexity index is 583. The van der Waals surface area contributed by atoms with Gasteiger partial charge in [-0.05, 0) is 11.1 Å². The van der Waals surface area contributed by atoms with Gasteiger partial charge in [-0.25, -0.2) is 0 Å². The molecular weight excluding hydrogens is 314 g/mol. The van der Waals surface area contributed by atoms with Crippen molar-refractivity contribution >= 4 is 25.1 Å². The molecule has 89 valence electrons. The van der Waals surface area contributed by atoms with Crippen molar-refractivity contribution in [3.8, 4) is 0 Å². The van der Waals surface area contributed by atoms with Crippen LogP contribution in [0.3, 0.4) is 0 Å². The van der Waals surface area contributed by atoms with Crippen LogP contribution < -0.4 is 0 Å². The van der Waals surface area contributed by atoms with Gasteiger partial charge in [-0.15, -0.1) is 0 Å². The van der Waals surface area contributed by atoms with Gasteiger partial charge in [0, 0.05) is 11.1 Å². The van der Waals surface area contributed by atoms with Gasteiger partial charge in [0.15, 0.2) is 0 Å². The molecule has 0 bridgehead atoms. The fourth-order valence-corrected chi connectivity index (χ4v) is 3.46. The molecule has 1 atom stereocenters. The average Bonchev–Trinajstić information content (AvgIpc) is 2.90. The number of allylic oxidation sites excluding steroid dienone is 2. The summed E-state index contributed by atoms with van der Waals surface area (Å²) in [7, 11) is 0.921.